The predicted molar refractivity (Wildman–Crippen MR) is 63.1 cm³/mol. The van der Waals surface area contributed by atoms with E-state index in [1.165, 1.54) is 4.57 Å². The van der Waals surface area contributed by atoms with Crippen molar-refractivity contribution in [1.29, 1.82) is 0 Å². The molecule has 0 aromatic carbocycles. The zero-order valence-electron chi connectivity index (χ0n) is 9.52. The summed E-state index contributed by atoms with van der Waals surface area (Å²) < 4.78 is 3.27. The molecule has 86 valence electrons. The highest BCUT2D eigenvalue weighted by Gasteiger charge is 2.15. The molecule has 0 saturated heterocycles. The van der Waals surface area contributed by atoms with Crippen molar-refractivity contribution in [3.8, 4) is 0 Å². The Bertz CT molecular complexity index is 612. The Balaban J connectivity index is 2.96. The van der Waals surface area contributed by atoms with Crippen molar-refractivity contribution < 1.29 is 0 Å². The van der Waals surface area contributed by atoms with Crippen molar-refractivity contribution in [3.05, 3.63) is 15.6 Å². The van der Waals surface area contributed by atoms with Gasteiger partial charge in [0.15, 0.2) is 11.2 Å². The van der Waals surface area contributed by atoms with Crippen LogP contribution in [-0.4, -0.2) is 33.2 Å². The number of aryl methyl sites for hydroxylation is 2. The number of hydrogen-bond acceptors (Lipinski definition) is 4. The molecular formula is C9H12ClN5O. The third-order valence-electron chi connectivity index (χ3n) is 2.44. The molecule has 6 nitrogen and oxygen atoms in total. The first kappa shape index (κ1) is 10.9. The topological polar surface area (TPSA) is 56.0 Å². The molecule has 0 saturated carbocycles. The highest BCUT2D eigenvalue weighted by Crippen LogP contribution is 2.17. The van der Waals surface area contributed by atoms with Crippen molar-refractivity contribution in [2.75, 3.05) is 19.0 Å². The number of halogens is 1. The summed E-state index contributed by atoms with van der Waals surface area (Å²) in [6, 6.07) is 0. The molecule has 0 fully saturated rings. The minimum Gasteiger partial charge on any atom is -0.348 e. The minimum absolute atomic E-state index is 0.278. The maximum Gasteiger partial charge on any atom is 0.300 e. The third-order valence-corrected chi connectivity index (χ3v) is 2.78. The van der Waals surface area contributed by atoms with Crippen LogP contribution in [0.25, 0.3) is 11.2 Å². The average Bonchev–Trinajstić information content (AvgIpc) is 2.50. The minimum atomic E-state index is -0.321. The number of fused-ring (bicyclic) bond motifs is 1. The second-order valence-corrected chi connectivity index (χ2v) is 4.12. The molecule has 0 N–H and O–H groups in total. The van der Waals surface area contributed by atoms with Crippen LogP contribution in [0.15, 0.2) is 4.79 Å². The van der Waals surface area contributed by atoms with Gasteiger partial charge in [0, 0.05) is 28.2 Å². The molecule has 2 aromatic heterocycles. The van der Waals surface area contributed by atoms with Gasteiger partial charge in [-0.05, 0) is 11.6 Å². The first-order valence-electron chi connectivity index (χ1n) is 4.69. The second-order valence-electron chi connectivity index (χ2n) is 3.78. The molecule has 0 aliphatic heterocycles. The number of imidazole rings is 1. The van der Waals surface area contributed by atoms with Gasteiger partial charge in [-0.25, -0.2) is 0 Å². The van der Waals surface area contributed by atoms with Gasteiger partial charge in [0.1, 0.15) is 0 Å². The smallest absolute Gasteiger partial charge is 0.300 e. The van der Waals surface area contributed by atoms with E-state index in [0.717, 1.165) is 0 Å². The first-order chi connectivity index (χ1) is 7.43. The van der Waals surface area contributed by atoms with Gasteiger partial charge in [-0.2, -0.15) is 9.97 Å². The van der Waals surface area contributed by atoms with Gasteiger partial charge >= 0.3 is 5.56 Å². The van der Waals surface area contributed by atoms with Gasteiger partial charge in [0.25, 0.3) is 0 Å². The molecule has 2 aromatic rings. The van der Waals surface area contributed by atoms with Crippen LogP contribution in [0.1, 0.15) is 0 Å². The van der Waals surface area contributed by atoms with E-state index < -0.39 is 0 Å². The van der Waals surface area contributed by atoms with E-state index in [0.29, 0.717) is 17.1 Å². The maximum atomic E-state index is 11.8. The van der Waals surface area contributed by atoms with E-state index in [-0.39, 0.29) is 10.8 Å². The van der Waals surface area contributed by atoms with Crippen molar-refractivity contribution in [1.82, 2.24) is 19.1 Å². The third kappa shape index (κ3) is 1.37. The zero-order chi connectivity index (χ0) is 12.0. The van der Waals surface area contributed by atoms with Crippen molar-refractivity contribution in [3.63, 3.8) is 0 Å². The molecule has 0 aliphatic carbocycles. The average molecular weight is 242 g/mol. The summed E-state index contributed by atoms with van der Waals surface area (Å²) in [5.41, 5.74) is 0.632. The van der Waals surface area contributed by atoms with Gasteiger partial charge in [-0.15, -0.1) is 0 Å². The van der Waals surface area contributed by atoms with Crippen LogP contribution in [0.5, 0.6) is 0 Å². The maximum absolute atomic E-state index is 11.8. The van der Waals surface area contributed by atoms with Gasteiger partial charge in [-0.3, -0.25) is 9.36 Å². The van der Waals surface area contributed by atoms with E-state index in [9.17, 15) is 4.79 Å². The monoisotopic (exact) mass is 241 g/mol. The highest BCUT2D eigenvalue weighted by atomic mass is 35.5. The van der Waals surface area contributed by atoms with E-state index in [1.807, 2.05) is 14.1 Å². The lowest BCUT2D eigenvalue weighted by atomic mass is 10.5. The number of rotatable bonds is 1. The van der Waals surface area contributed by atoms with Crippen LogP contribution < -0.4 is 10.5 Å². The lowest BCUT2D eigenvalue weighted by molar-refractivity contribution is 0.840. The van der Waals surface area contributed by atoms with E-state index >= 15 is 0 Å². The van der Waals surface area contributed by atoms with Gasteiger partial charge in [0.2, 0.25) is 11.2 Å². The largest absolute Gasteiger partial charge is 0.348 e. The summed E-state index contributed by atoms with van der Waals surface area (Å²) >= 11 is 5.89. The van der Waals surface area contributed by atoms with Gasteiger partial charge in [-0.1, -0.05) is 0 Å². The standard InChI is InChI=1S/C9H12ClN5O/c1-13(2)9-12-7(16)5-6(15(9)4)11-8(10)14(5)3/h1-4H3. The van der Waals surface area contributed by atoms with E-state index in [4.69, 9.17) is 11.6 Å². The Hall–Kier alpha value is -1.56. The molecule has 0 aliphatic rings. The summed E-state index contributed by atoms with van der Waals surface area (Å²) in [7, 11) is 7.12. The summed E-state index contributed by atoms with van der Waals surface area (Å²) in [5.74, 6) is 0.548. The van der Waals surface area contributed by atoms with Gasteiger partial charge < -0.3 is 9.47 Å². The molecule has 0 bridgehead atoms. The number of nitrogens with zero attached hydrogens (tertiary/aromatic N) is 5. The normalized spacial score (nSPS) is 11.1. The number of aromatic nitrogens is 4. The molecule has 2 rings (SSSR count). The van der Waals surface area contributed by atoms with Crippen LogP contribution in [0, 0.1) is 0 Å². The predicted octanol–water partition coefficient (Wildman–Crippen LogP) is 0.386. The molecule has 0 unspecified atom stereocenters. The molecule has 2 heterocycles. The summed E-state index contributed by atoms with van der Waals surface area (Å²) in [6.45, 7) is 0. The lowest BCUT2D eigenvalue weighted by Gasteiger charge is -2.14. The number of hydrogen-bond donors (Lipinski definition) is 0. The Labute approximate surface area is 97.1 Å². The Kier molecular flexibility index (Phi) is 2.38. The zero-order valence-corrected chi connectivity index (χ0v) is 10.3. The Morgan fingerprint density at radius 1 is 1.19 bits per heavy atom. The molecule has 0 radical (unpaired) electrons. The van der Waals surface area contributed by atoms with Crippen LogP contribution in [0.2, 0.25) is 5.28 Å². The first-order valence-corrected chi connectivity index (χ1v) is 5.07. The molecule has 7 heteroatoms. The fourth-order valence-electron chi connectivity index (χ4n) is 1.64. The van der Waals surface area contributed by atoms with Crippen LogP contribution in [0.3, 0.4) is 0 Å². The molecule has 0 spiro atoms. The molecule has 0 amide bonds. The molecule has 16 heavy (non-hydrogen) atoms. The summed E-state index contributed by atoms with van der Waals surface area (Å²) in [6.07, 6.45) is 0. The molecule has 0 atom stereocenters. The Morgan fingerprint density at radius 3 is 2.38 bits per heavy atom. The van der Waals surface area contributed by atoms with E-state index in [1.54, 1.807) is 23.6 Å². The van der Waals surface area contributed by atoms with Crippen LogP contribution in [-0.2, 0) is 14.1 Å². The molecular weight excluding hydrogens is 230 g/mol. The summed E-state index contributed by atoms with van der Waals surface area (Å²) in [5, 5.41) is 0.278. The highest BCUT2D eigenvalue weighted by molar-refractivity contribution is 6.29. The van der Waals surface area contributed by atoms with Crippen molar-refractivity contribution in [2.24, 2.45) is 14.1 Å². The van der Waals surface area contributed by atoms with Crippen molar-refractivity contribution >= 4 is 28.7 Å². The summed E-state index contributed by atoms with van der Waals surface area (Å²) in [4.78, 5) is 21.7. The van der Waals surface area contributed by atoms with Crippen LogP contribution in [0.4, 0.5) is 5.95 Å². The van der Waals surface area contributed by atoms with Crippen LogP contribution >= 0.6 is 11.6 Å². The SMILES string of the molecule is CN(C)c1nc(=O)c2c(nc(Cl)n2C)n1C. The Morgan fingerprint density at radius 2 is 1.81 bits per heavy atom. The number of anilines is 1. The van der Waals surface area contributed by atoms with E-state index in [2.05, 4.69) is 9.97 Å². The lowest BCUT2D eigenvalue weighted by Crippen LogP contribution is -2.23. The fourth-order valence-corrected chi connectivity index (χ4v) is 1.81. The van der Waals surface area contributed by atoms with Crippen molar-refractivity contribution in [2.45, 2.75) is 0 Å². The fraction of sp³-hybridized carbons (Fsp3) is 0.444. The quantitative estimate of drug-likeness (QED) is 0.678. The second kappa shape index (κ2) is 3.48. The van der Waals surface area contributed by atoms with Gasteiger partial charge in [0.05, 0.1) is 0 Å².